The van der Waals surface area contributed by atoms with Crippen LogP contribution in [-0.2, 0) is 9.47 Å². The number of halogens is 1. The molecule has 5 heteroatoms. The molecule has 20 heavy (non-hydrogen) atoms. The second-order valence-corrected chi connectivity index (χ2v) is 6.19. The van der Waals surface area contributed by atoms with Crippen LogP contribution in [0.15, 0.2) is 28.7 Å². The Morgan fingerprint density at radius 1 is 1.20 bits per heavy atom. The summed E-state index contributed by atoms with van der Waals surface area (Å²) < 4.78 is 12.2. The highest BCUT2D eigenvalue weighted by Gasteiger charge is 2.40. The van der Waals surface area contributed by atoms with Crippen molar-refractivity contribution in [3.63, 3.8) is 0 Å². The maximum Gasteiger partial charge on any atom is 0.252 e. The molecule has 1 aliphatic carbocycles. The number of rotatable bonds is 2. The van der Waals surface area contributed by atoms with Gasteiger partial charge in [0.2, 0.25) is 0 Å². The third-order valence-corrected chi connectivity index (χ3v) is 4.71. The molecular weight excluding hydrogens is 322 g/mol. The van der Waals surface area contributed by atoms with Crippen LogP contribution in [0.3, 0.4) is 0 Å². The van der Waals surface area contributed by atoms with Gasteiger partial charge in [-0.15, -0.1) is 0 Å². The van der Waals surface area contributed by atoms with Gasteiger partial charge >= 0.3 is 0 Å². The molecule has 3 rings (SSSR count). The molecule has 0 bridgehead atoms. The smallest absolute Gasteiger partial charge is 0.252 e. The monoisotopic (exact) mass is 339 g/mol. The lowest BCUT2D eigenvalue weighted by Gasteiger charge is -2.35. The third kappa shape index (κ3) is 2.90. The van der Waals surface area contributed by atoms with Gasteiger partial charge in [0.15, 0.2) is 5.79 Å². The molecule has 1 spiro atoms. The lowest BCUT2D eigenvalue weighted by Crippen LogP contribution is -2.44. The van der Waals surface area contributed by atoms with E-state index in [2.05, 4.69) is 21.2 Å². The van der Waals surface area contributed by atoms with Gasteiger partial charge in [0.25, 0.3) is 5.91 Å². The minimum Gasteiger partial charge on any atom is -0.349 e. The molecule has 0 unspecified atom stereocenters. The van der Waals surface area contributed by atoms with Crippen molar-refractivity contribution >= 4 is 21.8 Å². The maximum atomic E-state index is 12.2. The SMILES string of the molecule is O=C(NC1CCC2(CC1)OCCO2)c1ccccc1Br. The molecule has 1 saturated carbocycles. The minimum atomic E-state index is -0.367. The lowest BCUT2D eigenvalue weighted by atomic mass is 9.90. The van der Waals surface area contributed by atoms with Crippen LogP contribution in [0.4, 0.5) is 0 Å². The number of amides is 1. The number of hydrogen-bond acceptors (Lipinski definition) is 3. The van der Waals surface area contributed by atoms with Crippen molar-refractivity contribution in [1.82, 2.24) is 5.32 Å². The summed E-state index contributed by atoms with van der Waals surface area (Å²) in [5, 5.41) is 3.10. The average molecular weight is 340 g/mol. The fourth-order valence-corrected chi connectivity index (χ4v) is 3.36. The van der Waals surface area contributed by atoms with Gasteiger partial charge in [-0.1, -0.05) is 12.1 Å². The number of ether oxygens (including phenoxy) is 2. The second-order valence-electron chi connectivity index (χ2n) is 5.34. The van der Waals surface area contributed by atoms with Crippen LogP contribution in [0.2, 0.25) is 0 Å². The molecule has 2 aliphatic rings. The van der Waals surface area contributed by atoms with Gasteiger partial charge in [-0.05, 0) is 40.9 Å². The van der Waals surface area contributed by atoms with E-state index in [-0.39, 0.29) is 17.7 Å². The summed E-state index contributed by atoms with van der Waals surface area (Å²) in [6, 6.07) is 7.68. The first-order chi connectivity index (χ1) is 9.69. The van der Waals surface area contributed by atoms with Crippen molar-refractivity contribution in [1.29, 1.82) is 0 Å². The van der Waals surface area contributed by atoms with Gasteiger partial charge in [-0.25, -0.2) is 0 Å². The van der Waals surface area contributed by atoms with Crippen molar-refractivity contribution in [2.75, 3.05) is 13.2 Å². The van der Waals surface area contributed by atoms with E-state index in [0.717, 1.165) is 30.2 Å². The molecule has 1 amide bonds. The van der Waals surface area contributed by atoms with Crippen molar-refractivity contribution in [3.05, 3.63) is 34.3 Å². The summed E-state index contributed by atoms with van der Waals surface area (Å²) in [7, 11) is 0. The van der Waals surface area contributed by atoms with Gasteiger partial charge in [-0.2, -0.15) is 0 Å². The van der Waals surface area contributed by atoms with Crippen LogP contribution in [0.1, 0.15) is 36.0 Å². The van der Waals surface area contributed by atoms with Crippen LogP contribution >= 0.6 is 15.9 Å². The van der Waals surface area contributed by atoms with Crippen molar-refractivity contribution in [2.45, 2.75) is 37.5 Å². The zero-order valence-electron chi connectivity index (χ0n) is 11.2. The standard InChI is InChI=1S/C15H18BrNO3/c16-13-4-2-1-3-12(13)14(18)17-11-5-7-15(8-6-11)19-9-10-20-15/h1-4,11H,5-10H2,(H,17,18). The first kappa shape index (κ1) is 14.0. The van der Waals surface area contributed by atoms with E-state index in [1.807, 2.05) is 24.3 Å². The molecule has 1 N–H and O–H groups in total. The quantitative estimate of drug-likeness (QED) is 0.901. The number of carbonyl (C=O) groups is 1. The Hall–Kier alpha value is -0.910. The van der Waals surface area contributed by atoms with Gasteiger partial charge in [0, 0.05) is 23.4 Å². The van der Waals surface area contributed by atoms with Crippen molar-refractivity contribution < 1.29 is 14.3 Å². The Labute approximate surface area is 127 Å². The molecule has 108 valence electrons. The zero-order valence-corrected chi connectivity index (χ0v) is 12.8. The normalized spacial score (nSPS) is 22.1. The van der Waals surface area contributed by atoms with E-state index >= 15 is 0 Å². The van der Waals surface area contributed by atoms with Crippen LogP contribution in [-0.4, -0.2) is 30.9 Å². The van der Waals surface area contributed by atoms with Crippen molar-refractivity contribution in [3.8, 4) is 0 Å². The first-order valence-electron chi connectivity index (χ1n) is 7.02. The van der Waals surface area contributed by atoms with Gasteiger partial charge in [0.1, 0.15) is 0 Å². The Morgan fingerprint density at radius 3 is 2.50 bits per heavy atom. The third-order valence-electron chi connectivity index (χ3n) is 4.01. The molecule has 1 aliphatic heterocycles. The Kier molecular flexibility index (Phi) is 4.10. The largest absolute Gasteiger partial charge is 0.349 e. The van der Waals surface area contributed by atoms with Gasteiger partial charge < -0.3 is 14.8 Å². The summed E-state index contributed by atoms with van der Waals surface area (Å²) in [4.78, 5) is 12.2. The van der Waals surface area contributed by atoms with E-state index in [4.69, 9.17) is 9.47 Å². The molecule has 0 atom stereocenters. The summed E-state index contributed by atoms with van der Waals surface area (Å²) >= 11 is 3.41. The summed E-state index contributed by atoms with van der Waals surface area (Å²) in [5.41, 5.74) is 0.682. The van der Waals surface area contributed by atoms with Crippen LogP contribution < -0.4 is 5.32 Å². The predicted molar refractivity (Wildman–Crippen MR) is 78.5 cm³/mol. The van der Waals surface area contributed by atoms with Crippen LogP contribution in [0.5, 0.6) is 0 Å². The Morgan fingerprint density at radius 2 is 1.85 bits per heavy atom. The fraction of sp³-hybridized carbons (Fsp3) is 0.533. The first-order valence-corrected chi connectivity index (χ1v) is 7.81. The zero-order chi connectivity index (χ0) is 14.0. The molecule has 0 radical (unpaired) electrons. The molecule has 2 fully saturated rings. The highest BCUT2D eigenvalue weighted by Crippen LogP contribution is 2.35. The molecule has 1 aromatic carbocycles. The van der Waals surface area contributed by atoms with Crippen LogP contribution in [0, 0.1) is 0 Å². The lowest BCUT2D eigenvalue weighted by molar-refractivity contribution is -0.179. The summed E-state index contributed by atoms with van der Waals surface area (Å²) in [5.74, 6) is -0.388. The van der Waals surface area contributed by atoms with E-state index in [1.165, 1.54) is 0 Å². The Bertz CT molecular complexity index is 490. The molecule has 1 saturated heterocycles. The van der Waals surface area contributed by atoms with Gasteiger partial charge in [-0.3, -0.25) is 4.79 Å². The summed E-state index contributed by atoms with van der Waals surface area (Å²) in [6.45, 7) is 1.38. The molecule has 0 aromatic heterocycles. The number of hydrogen-bond donors (Lipinski definition) is 1. The van der Waals surface area contributed by atoms with E-state index < -0.39 is 0 Å². The van der Waals surface area contributed by atoms with E-state index in [0.29, 0.717) is 18.8 Å². The van der Waals surface area contributed by atoms with Crippen LogP contribution in [0.25, 0.3) is 0 Å². The highest BCUT2D eigenvalue weighted by atomic mass is 79.9. The Balaban J connectivity index is 1.57. The fourth-order valence-electron chi connectivity index (χ4n) is 2.90. The summed E-state index contributed by atoms with van der Waals surface area (Å²) in [6.07, 6.45) is 3.51. The van der Waals surface area contributed by atoms with E-state index in [9.17, 15) is 4.79 Å². The number of nitrogens with one attached hydrogen (secondary N) is 1. The van der Waals surface area contributed by atoms with Crippen molar-refractivity contribution in [2.24, 2.45) is 0 Å². The molecule has 1 aromatic rings. The molecule has 4 nitrogen and oxygen atoms in total. The maximum absolute atomic E-state index is 12.2. The predicted octanol–water partition coefficient (Wildman–Crippen LogP) is 2.86. The average Bonchev–Trinajstić information content (AvgIpc) is 2.90. The second kappa shape index (κ2) is 5.84. The molecule has 1 heterocycles. The number of benzene rings is 1. The van der Waals surface area contributed by atoms with Gasteiger partial charge in [0.05, 0.1) is 18.8 Å². The number of carbonyl (C=O) groups excluding carboxylic acids is 1. The molecular formula is C15H18BrNO3. The highest BCUT2D eigenvalue weighted by molar-refractivity contribution is 9.10. The minimum absolute atomic E-state index is 0.0216. The topological polar surface area (TPSA) is 47.6 Å². The van der Waals surface area contributed by atoms with E-state index in [1.54, 1.807) is 0 Å².